The van der Waals surface area contributed by atoms with Crippen LogP contribution in [0.2, 0.25) is 0 Å². The van der Waals surface area contributed by atoms with Crippen LogP contribution in [0.5, 0.6) is 0 Å². The second-order valence-corrected chi connectivity index (χ2v) is 8.05. The fraction of sp³-hybridized carbons (Fsp3) is 0.143. The largest absolute Gasteiger partial charge is 0.460 e. The minimum atomic E-state index is 0.986. The van der Waals surface area contributed by atoms with Gasteiger partial charge in [0.1, 0.15) is 11.5 Å². The maximum absolute atomic E-state index is 6.55. The molecule has 0 unspecified atom stereocenters. The predicted molar refractivity (Wildman–Crippen MR) is 123 cm³/mol. The zero-order valence-corrected chi connectivity index (χ0v) is 17.0. The van der Waals surface area contributed by atoms with Crippen molar-refractivity contribution in [1.82, 2.24) is 0 Å². The van der Waals surface area contributed by atoms with E-state index in [1.54, 1.807) is 0 Å². The Bertz CT molecular complexity index is 1440. The van der Waals surface area contributed by atoms with E-state index in [1.807, 2.05) is 0 Å². The quantitative estimate of drug-likeness (QED) is 0.302. The molecular weight excluding hydrogens is 352 g/mol. The van der Waals surface area contributed by atoms with Gasteiger partial charge >= 0.3 is 0 Å². The zero-order valence-electron chi connectivity index (χ0n) is 17.0. The average Bonchev–Trinajstić information content (AvgIpc) is 3.25. The van der Waals surface area contributed by atoms with Crippen LogP contribution in [0.25, 0.3) is 44.5 Å². The lowest BCUT2D eigenvalue weighted by atomic mass is 9.95. The normalized spacial score (nSPS) is 13.0. The Labute approximate surface area is 170 Å². The Balaban J connectivity index is 1.77. The highest BCUT2D eigenvalue weighted by Gasteiger charge is 2.29. The standard InChI is InChI=1S/C28H22O/c1-4-20-16(2)25-21-12-5-6-13-22(21)27(28(25)29-17(20)3)24-15-19-11-7-9-18-10-8-14-23(24)26(18)19/h5-15H,4H2,1-3H3. The molecule has 0 bridgehead atoms. The van der Waals surface area contributed by atoms with Gasteiger partial charge in [-0.2, -0.15) is 0 Å². The Kier molecular flexibility index (Phi) is 3.35. The van der Waals surface area contributed by atoms with Crippen molar-refractivity contribution in [3.63, 3.8) is 0 Å². The monoisotopic (exact) mass is 374 g/mol. The van der Waals surface area contributed by atoms with Crippen LogP contribution in [0.4, 0.5) is 0 Å². The van der Waals surface area contributed by atoms with Crippen molar-refractivity contribution in [2.45, 2.75) is 27.2 Å². The van der Waals surface area contributed by atoms with E-state index in [1.165, 1.54) is 60.5 Å². The molecule has 0 aromatic heterocycles. The summed E-state index contributed by atoms with van der Waals surface area (Å²) < 4.78 is 6.55. The van der Waals surface area contributed by atoms with Crippen molar-refractivity contribution in [3.8, 4) is 11.3 Å². The third-order valence-corrected chi connectivity index (χ3v) is 6.58. The first-order valence-electron chi connectivity index (χ1n) is 10.4. The van der Waals surface area contributed by atoms with Crippen molar-refractivity contribution < 1.29 is 4.42 Å². The SMILES string of the molecule is CCc1c(C)oc2c(C3=Cc4cccc5cccc3c45)c3ccccc3c-2c1C. The molecule has 0 saturated carbocycles. The fourth-order valence-electron chi connectivity index (χ4n) is 5.33. The van der Waals surface area contributed by atoms with E-state index in [-0.39, 0.29) is 0 Å². The van der Waals surface area contributed by atoms with Gasteiger partial charge in [-0.15, -0.1) is 0 Å². The maximum Gasteiger partial charge on any atom is 0.143 e. The molecule has 1 heteroatoms. The summed E-state index contributed by atoms with van der Waals surface area (Å²) in [4.78, 5) is 0. The highest BCUT2D eigenvalue weighted by atomic mass is 16.3. The fourth-order valence-corrected chi connectivity index (χ4v) is 5.33. The summed E-state index contributed by atoms with van der Waals surface area (Å²) in [6, 6.07) is 21.9. The van der Waals surface area contributed by atoms with Crippen LogP contribution in [0.1, 0.15) is 40.5 Å². The summed E-state index contributed by atoms with van der Waals surface area (Å²) in [7, 11) is 0. The lowest BCUT2D eigenvalue weighted by Gasteiger charge is -2.14. The van der Waals surface area contributed by atoms with E-state index >= 15 is 0 Å². The molecule has 0 radical (unpaired) electrons. The van der Waals surface area contributed by atoms with Gasteiger partial charge in [0.25, 0.3) is 0 Å². The summed E-state index contributed by atoms with van der Waals surface area (Å²) in [5.74, 6) is 2.05. The Hall–Kier alpha value is -3.32. The highest BCUT2D eigenvalue weighted by Crippen LogP contribution is 2.50. The molecule has 1 nitrogen and oxygen atoms in total. The lowest BCUT2D eigenvalue weighted by Crippen LogP contribution is -1.96. The van der Waals surface area contributed by atoms with Crippen LogP contribution in [-0.4, -0.2) is 0 Å². The molecule has 29 heavy (non-hydrogen) atoms. The molecule has 0 N–H and O–H groups in total. The molecule has 3 aromatic carbocycles. The van der Waals surface area contributed by atoms with Crippen molar-refractivity contribution in [3.05, 3.63) is 94.2 Å². The maximum atomic E-state index is 6.55. The van der Waals surface area contributed by atoms with E-state index in [2.05, 4.69) is 87.5 Å². The molecule has 1 heterocycles. The first-order chi connectivity index (χ1) is 14.2. The van der Waals surface area contributed by atoms with E-state index in [0.29, 0.717) is 0 Å². The van der Waals surface area contributed by atoms with Crippen LogP contribution in [0.15, 0.2) is 65.1 Å². The summed E-state index contributed by atoms with van der Waals surface area (Å²) >= 11 is 0. The molecular formula is C28H22O. The summed E-state index contributed by atoms with van der Waals surface area (Å²) in [6.45, 7) is 6.56. The molecule has 3 aliphatic rings. The second kappa shape index (κ2) is 5.84. The Morgan fingerprint density at radius 1 is 0.793 bits per heavy atom. The van der Waals surface area contributed by atoms with Gasteiger partial charge in [0.15, 0.2) is 0 Å². The van der Waals surface area contributed by atoms with Gasteiger partial charge in [-0.3, -0.25) is 0 Å². The van der Waals surface area contributed by atoms with Gasteiger partial charge in [0.2, 0.25) is 0 Å². The third-order valence-electron chi connectivity index (χ3n) is 6.58. The molecule has 1 aliphatic heterocycles. The third kappa shape index (κ3) is 2.10. The predicted octanol–water partition coefficient (Wildman–Crippen LogP) is 7.77. The van der Waals surface area contributed by atoms with Gasteiger partial charge in [-0.1, -0.05) is 67.6 Å². The van der Waals surface area contributed by atoms with E-state index in [9.17, 15) is 0 Å². The molecule has 0 saturated heterocycles. The highest BCUT2D eigenvalue weighted by molar-refractivity contribution is 6.21. The molecule has 0 atom stereocenters. The van der Waals surface area contributed by atoms with Crippen LogP contribution < -0.4 is 0 Å². The number of fused-ring (bicyclic) bond motifs is 3. The topological polar surface area (TPSA) is 13.1 Å². The van der Waals surface area contributed by atoms with E-state index in [4.69, 9.17) is 4.42 Å². The van der Waals surface area contributed by atoms with Gasteiger partial charge in [0.05, 0.1) is 0 Å². The van der Waals surface area contributed by atoms with Crippen LogP contribution in [0, 0.1) is 13.8 Å². The number of hydrogen-bond acceptors (Lipinski definition) is 1. The first kappa shape index (κ1) is 16.6. The number of aryl methyl sites for hydroxylation is 1. The van der Waals surface area contributed by atoms with E-state index < -0.39 is 0 Å². The van der Waals surface area contributed by atoms with Gasteiger partial charge in [-0.05, 0) is 75.7 Å². The molecule has 140 valence electrons. The molecule has 0 fully saturated rings. The Morgan fingerprint density at radius 2 is 1.52 bits per heavy atom. The van der Waals surface area contributed by atoms with E-state index in [0.717, 1.165) is 17.9 Å². The molecule has 0 spiro atoms. The van der Waals surface area contributed by atoms with Crippen molar-refractivity contribution in [2.75, 3.05) is 0 Å². The molecule has 6 rings (SSSR count). The first-order valence-corrected chi connectivity index (χ1v) is 10.4. The number of rotatable bonds is 2. The smallest absolute Gasteiger partial charge is 0.143 e. The summed E-state index contributed by atoms with van der Waals surface area (Å²) in [5, 5.41) is 5.21. The molecule has 0 amide bonds. The van der Waals surface area contributed by atoms with Crippen LogP contribution >= 0.6 is 0 Å². The minimum absolute atomic E-state index is 0.986. The lowest BCUT2D eigenvalue weighted by molar-refractivity contribution is 0.521. The van der Waals surface area contributed by atoms with Crippen molar-refractivity contribution in [2.24, 2.45) is 0 Å². The molecule has 2 aliphatic carbocycles. The summed E-state index contributed by atoms with van der Waals surface area (Å²) in [6.07, 6.45) is 3.33. The summed E-state index contributed by atoms with van der Waals surface area (Å²) in [5.41, 5.74) is 9.05. The molecule has 3 aromatic rings. The minimum Gasteiger partial charge on any atom is -0.460 e. The van der Waals surface area contributed by atoms with Gasteiger partial charge in [-0.25, -0.2) is 0 Å². The van der Waals surface area contributed by atoms with Crippen LogP contribution in [-0.2, 0) is 6.42 Å². The Morgan fingerprint density at radius 3 is 2.28 bits per heavy atom. The average molecular weight is 374 g/mol. The number of benzene rings is 3. The van der Waals surface area contributed by atoms with Crippen LogP contribution in [0.3, 0.4) is 0 Å². The van der Waals surface area contributed by atoms with Crippen molar-refractivity contribution in [1.29, 1.82) is 0 Å². The second-order valence-electron chi connectivity index (χ2n) is 8.05. The zero-order chi connectivity index (χ0) is 19.7. The number of hydrogen-bond donors (Lipinski definition) is 0. The van der Waals surface area contributed by atoms with Crippen molar-refractivity contribution >= 4 is 33.2 Å². The van der Waals surface area contributed by atoms with Gasteiger partial charge < -0.3 is 4.42 Å². The van der Waals surface area contributed by atoms with Gasteiger partial charge in [0, 0.05) is 11.1 Å².